The third kappa shape index (κ3) is 4.17. The molecule has 0 aliphatic carbocycles. The number of halogens is 1. The molecule has 1 aromatic rings. The van der Waals surface area contributed by atoms with Crippen molar-refractivity contribution in [3.63, 3.8) is 0 Å². The minimum Gasteiger partial charge on any atom is -0.465 e. The summed E-state index contributed by atoms with van der Waals surface area (Å²) < 4.78 is 30.6. The lowest BCUT2D eigenvalue weighted by atomic mass is 10.2. The number of hydrogen-bond donors (Lipinski definition) is 2. The average molecular weight is 308 g/mol. The van der Waals surface area contributed by atoms with Crippen molar-refractivity contribution in [2.45, 2.75) is 17.9 Å². The van der Waals surface area contributed by atoms with E-state index >= 15 is 0 Å². The van der Waals surface area contributed by atoms with Gasteiger partial charge >= 0.3 is 5.97 Å². The molecule has 0 spiro atoms. The first kappa shape index (κ1) is 15.9. The summed E-state index contributed by atoms with van der Waals surface area (Å²) in [5, 5.41) is 9.06. The van der Waals surface area contributed by atoms with E-state index in [2.05, 4.69) is 9.46 Å². The lowest BCUT2D eigenvalue weighted by Crippen LogP contribution is -2.31. The van der Waals surface area contributed by atoms with Gasteiger partial charge in [-0.2, -0.15) is 0 Å². The van der Waals surface area contributed by atoms with Gasteiger partial charge in [0, 0.05) is 6.54 Å². The highest BCUT2D eigenvalue weighted by atomic mass is 35.5. The van der Waals surface area contributed by atoms with Gasteiger partial charge in [-0.15, -0.1) is 0 Å². The molecule has 1 aromatic carbocycles. The SMILES string of the molecule is COC(=O)c1ccc(Cl)c(S(=O)(=O)NCC(C)O)c1. The van der Waals surface area contributed by atoms with Crippen molar-refractivity contribution in [1.82, 2.24) is 4.72 Å². The van der Waals surface area contributed by atoms with Gasteiger partial charge in [-0.05, 0) is 25.1 Å². The monoisotopic (exact) mass is 307 g/mol. The molecule has 19 heavy (non-hydrogen) atoms. The van der Waals surface area contributed by atoms with Crippen LogP contribution >= 0.6 is 11.6 Å². The van der Waals surface area contributed by atoms with E-state index in [9.17, 15) is 13.2 Å². The lowest BCUT2D eigenvalue weighted by Gasteiger charge is -2.10. The molecule has 1 rings (SSSR count). The van der Waals surface area contributed by atoms with E-state index < -0.39 is 22.1 Å². The Morgan fingerprint density at radius 1 is 1.53 bits per heavy atom. The van der Waals surface area contributed by atoms with Gasteiger partial charge in [0.2, 0.25) is 10.0 Å². The van der Waals surface area contributed by atoms with Crippen LogP contribution in [0.15, 0.2) is 23.1 Å². The van der Waals surface area contributed by atoms with E-state index in [4.69, 9.17) is 16.7 Å². The van der Waals surface area contributed by atoms with Crippen molar-refractivity contribution in [1.29, 1.82) is 0 Å². The van der Waals surface area contributed by atoms with Crippen LogP contribution in [0.5, 0.6) is 0 Å². The number of carbonyl (C=O) groups is 1. The van der Waals surface area contributed by atoms with Gasteiger partial charge in [0.15, 0.2) is 0 Å². The number of carbonyl (C=O) groups excluding carboxylic acids is 1. The van der Waals surface area contributed by atoms with Crippen LogP contribution in [-0.4, -0.2) is 39.3 Å². The molecule has 0 fully saturated rings. The van der Waals surface area contributed by atoms with Gasteiger partial charge in [0.05, 0.1) is 23.8 Å². The van der Waals surface area contributed by atoms with Gasteiger partial charge in [-0.25, -0.2) is 17.9 Å². The third-order valence-electron chi connectivity index (χ3n) is 2.21. The fraction of sp³-hybridized carbons (Fsp3) is 0.364. The first-order chi connectivity index (χ1) is 8.77. The predicted molar refractivity (Wildman–Crippen MR) is 69.7 cm³/mol. The van der Waals surface area contributed by atoms with Crippen molar-refractivity contribution >= 4 is 27.6 Å². The molecule has 0 aromatic heterocycles. The maximum Gasteiger partial charge on any atom is 0.337 e. The Morgan fingerprint density at radius 2 is 2.16 bits per heavy atom. The smallest absolute Gasteiger partial charge is 0.337 e. The topological polar surface area (TPSA) is 92.7 Å². The molecule has 1 atom stereocenters. The largest absolute Gasteiger partial charge is 0.465 e. The zero-order chi connectivity index (χ0) is 14.6. The highest BCUT2D eigenvalue weighted by Crippen LogP contribution is 2.22. The maximum absolute atomic E-state index is 12.0. The molecule has 0 bridgehead atoms. The van der Waals surface area contributed by atoms with Crippen LogP contribution in [0.25, 0.3) is 0 Å². The number of sulfonamides is 1. The summed E-state index contributed by atoms with van der Waals surface area (Å²) in [7, 11) is -2.71. The number of esters is 1. The molecule has 0 aliphatic heterocycles. The summed E-state index contributed by atoms with van der Waals surface area (Å²) in [5.74, 6) is -0.663. The van der Waals surface area contributed by atoms with E-state index in [1.807, 2.05) is 0 Å². The number of benzene rings is 1. The van der Waals surface area contributed by atoms with E-state index in [0.29, 0.717) is 0 Å². The van der Waals surface area contributed by atoms with Gasteiger partial charge in [0.1, 0.15) is 4.90 Å². The highest BCUT2D eigenvalue weighted by Gasteiger charge is 2.20. The lowest BCUT2D eigenvalue weighted by molar-refractivity contribution is 0.0600. The summed E-state index contributed by atoms with van der Waals surface area (Å²) >= 11 is 5.81. The minimum atomic E-state index is -3.90. The van der Waals surface area contributed by atoms with E-state index in [0.717, 1.165) is 6.07 Å². The van der Waals surface area contributed by atoms with Crippen LogP contribution in [0.2, 0.25) is 5.02 Å². The summed E-state index contributed by atoms with van der Waals surface area (Å²) in [5.41, 5.74) is 0.0734. The standard InChI is InChI=1S/C11H14ClNO5S/c1-7(14)6-13-19(16,17)10-5-8(11(15)18-2)3-4-9(10)12/h3-5,7,13-14H,6H2,1-2H3. The normalized spacial score (nSPS) is 13.1. The summed E-state index contributed by atoms with van der Waals surface area (Å²) in [6.45, 7) is 1.29. The molecule has 106 valence electrons. The van der Waals surface area contributed by atoms with Crippen LogP contribution < -0.4 is 4.72 Å². The second-order valence-corrected chi connectivity index (χ2v) is 5.98. The number of aliphatic hydroxyl groups excluding tert-OH is 1. The zero-order valence-corrected chi connectivity index (χ0v) is 12.0. The fourth-order valence-corrected chi connectivity index (χ4v) is 2.91. The Morgan fingerprint density at radius 3 is 2.68 bits per heavy atom. The predicted octanol–water partition coefficient (Wildman–Crippen LogP) is 0.786. The molecule has 1 unspecified atom stereocenters. The summed E-state index contributed by atoms with van der Waals surface area (Å²) in [6.07, 6.45) is -0.836. The Labute approximate surface area is 116 Å². The van der Waals surface area contributed by atoms with Gasteiger partial charge in [-0.3, -0.25) is 0 Å². The highest BCUT2D eigenvalue weighted by molar-refractivity contribution is 7.89. The summed E-state index contributed by atoms with van der Waals surface area (Å²) in [4.78, 5) is 11.1. The Bertz CT molecular complexity index is 570. The molecule has 0 aliphatic rings. The molecule has 2 N–H and O–H groups in total. The number of methoxy groups -OCH3 is 1. The van der Waals surface area contributed by atoms with Crippen molar-refractivity contribution in [3.8, 4) is 0 Å². The molecule has 0 heterocycles. The molecule has 0 saturated carbocycles. The molecular weight excluding hydrogens is 294 g/mol. The van der Waals surface area contributed by atoms with Crippen LogP contribution in [0.1, 0.15) is 17.3 Å². The van der Waals surface area contributed by atoms with Crippen LogP contribution in [0, 0.1) is 0 Å². The number of ether oxygens (including phenoxy) is 1. The Kier molecular flexibility index (Phi) is 5.30. The first-order valence-electron chi connectivity index (χ1n) is 5.33. The van der Waals surface area contributed by atoms with Crippen molar-refractivity contribution in [2.24, 2.45) is 0 Å². The van der Waals surface area contributed by atoms with Gasteiger partial charge in [0.25, 0.3) is 0 Å². The number of rotatable bonds is 5. The molecule has 8 heteroatoms. The molecule has 6 nitrogen and oxygen atoms in total. The van der Waals surface area contributed by atoms with Gasteiger partial charge < -0.3 is 9.84 Å². The quantitative estimate of drug-likeness (QED) is 0.784. The number of aliphatic hydroxyl groups is 1. The van der Waals surface area contributed by atoms with Gasteiger partial charge in [-0.1, -0.05) is 11.6 Å². The number of nitrogens with one attached hydrogen (secondary N) is 1. The second-order valence-electron chi connectivity index (χ2n) is 3.84. The second kappa shape index (κ2) is 6.33. The zero-order valence-electron chi connectivity index (χ0n) is 10.4. The Balaban J connectivity index is 3.15. The molecule has 0 saturated heterocycles. The third-order valence-corrected chi connectivity index (χ3v) is 4.12. The number of hydrogen-bond acceptors (Lipinski definition) is 5. The van der Waals surface area contributed by atoms with Crippen molar-refractivity contribution < 1.29 is 23.1 Å². The summed E-state index contributed by atoms with van der Waals surface area (Å²) in [6, 6.07) is 3.78. The first-order valence-corrected chi connectivity index (χ1v) is 7.19. The van der Waals surface area contributed by atoms with Crippen molar-refractivity contribution in [2.75, 3.05) is 13.7 Å². The fourth-order valence-electron chi connectivity index (χ4n) is 1.26. The van der Waals surface area contributed by atoms with Crippen molar-refractivity contribution in [3.05, 3.63) is 28.8 Å². The van der Waals surface area contributed by atoms with Crippen LogP contribution in [0.3, 0.4) is 0 Å². The van der Waals surface area contributed by atoms with E-state index in [-0.39, 0.29) is 22.0 Å². The van der Waals surface area contributed by atoms with Crippen LogP contribution in [-0.2, 0) is 14.8 Å². The maximum atomic E-state index is 12.0. The minimum absolute atomic E-state index is 0.0225. The molecule has 0 radical (unpaired) electrons. The molecular formula is C11H14ClNO5S. The molecule has 0 amide bonds. The average Bonchev–Trinajstić information content (AvgIpc) is 2.36. The van der Waals surface area contributed by atoms with E-state index in [1.165, 1.54) is 26.2 Å². The van der Waals surface area contributed by atoms with Crippen LogP contribution in [0.4, 0.5) is 0 Å². The Hall–Kier alpha value is -1.15. The van der Waals surface area contributed by atoms with E-state index in [1.54, 1.807) is 0 Å².